The van der Waals surface area contributed by atoms with Crippen LogP contribution >= 0.6 is 22.9 Å². The van der Waals surface area contributed by atoms with E-state index in [2.05, 4.69) is 28.9 Å². The average Bonchev–Trinajstić information content (AvgIpc) is 2.94. The Hall–Kier alpha value is -1.19. The Balaban J connectivity index is 1.93. The third kappa shape index (κ3) is 4.15. The van der Waals surface area contributed by atoms with Crippen molar-refractivity contribution >= 4 is 28.6 Å². The molecule has 102 valence electrons. The summed E-state index contributed by atoms with van der Waals surface area (Å²) in [5.74, 6) is 1.34. The highest BCUT2D eigenvalue weighted by Gasteiger charge is 2.04. The molecule has 2 rings (SSSR count). The van der Waals surface area contributed by atoms with Crippen molar-refractivity contribution in [1.29, 1.82) is 0 Å². The summed E-state index contributed by atoms with van der Waals surface area (Å²) in [6, 6.07) is 10.3. The standard InChI is InChI=1S/C15H18ClNOS/c1-2-18-15-6-5-13(10-12(15)11-16)17-8-7-14-4-3-9-19-14/h3-6,9-10,17H,2,7-8,11H2,1H3. The van der Waals surface area contributed by atoms with Crippen LogP contribution in [0.5, 0.6) is 5.75 Å². The lowest BCUT2D eigenvalue weighted by atomic mass is 10.2. The Labute approximate surface area is 123 Å². The van der Waals surface area contributed by atoms with Crippen LogP contribution in [0.3, 0.4) is 0 Å². The first-order chi connectivity index (χ1) is 9.33. The van der Waals surface area contributed by atoms with Gasteiger partial charge in [-0.05, 0) is 43.0 Å². The molecule has 0 spiro atoms. The number of ether oxygens (including phenoxy) is 1. The molecule has 2 aromatic rings. The van der Waals surface area contributed by atoms with Gasteiger partial charge >= 0.3 is 0 Å². The summed E-state index contributed by atoms with van der Waals surface area (Å²) in [7, 11) is 0. The molecule has 0 aliphatic carbocycles. The molecular formula is C15H18ClNOS. The second-order valence-corrected chi connectivity index (χ2v) is 5.44. The quantitative estimate of drug-likeness (QED) is 0.757. The number of anilines is 1. The van der Waals surface area contributed by atoms with E-state index in [9.17, 15) is 0 Å². The Morgan fingerprint density at radius 3 is 2.89 bits per heavy atom. The predicted molar refractivity (Wildman–Crippen MR) is 83.7 cm³/mol. The molecule has 0 aliphatic rings. The third-order valence-electron chi connectivity index (χ3n) is 2.78. The van der Waals surface area contributed by atoms with Crippen LogP contribution in [0.2, 0.25) is 0 Å². The molecule has 0 fully saturated rings. The van der Waals surface area contributed by atoms with Gasteiger partial charge in [0.15, 0.2) is 0 Å². The number of nitrogens with one attached hydrogen (secondary N) is 1. The minimum absolute atomic E-state index is 0.468. The molecule has 0 atom stereocenters. The Morgan fingerprint density at radius 2 is 2.21 bits per heavy atom. The van der Waals surface area contributed by atoms with Gasteiger partial charge in [-0.15, -0.1) is 22.9 Å². The maximum absolute atomic E-state index is 5.95. The first-order valence-electron chi connectivity index (χ1n) is 6.41. The van der Waals surface area contributed by atoms with Gasteiger partial charge in [-0.1, -0.05) is 6.07 Å². The fraction of sp³-hybridized carbons (Fsp3) is 0.333. The molecule has 0 aliphatic heterocycles. The summed E-state index contributed by atoms with van der Waals surface area (Å²) in [6.07, 6.45) is 1.04. The van der Waals surface area contributed by atoms with E-state index in [0.29, 0.717) is 12.5 Å². The first-order valence-corrected chi connectivity index (χ1v) is 7.83. The minimum Gasteiger partial charge on any atom is -0.494 e. The smallest absolute Gasteiger partial charge is 0.123 e. The van der Waals surface area contributed by atoms with Gasteiger partial charge in [0.2, 0.25) is 0 Å². The second-order valence-electron chi connectivity index (χ2n) is 4.15. The SMILES string of the molecule is CCOc1ccc(NCCc2cccs2)cc1CCl. The molecule has 4 heteroatoms. The van der Waals surface area contributed by atoms with Gasteiger partial charge in [-0.3, -0.25) is 0 Å². The summed E-state index contributed by atoms with van der Waals surface area (Å²) < 4.78 is 5.54. The van der Waals surface area contributed by atoms with Crippen molar-refractivity contribution in [2.45, 2.75) is 19.2 Å². The van der Waals surface area contributed by atoms with E-state index >= 15 is 0 Å². The maximum Gasteiger partial charge on any atom is 0.123 e. The van der Waals surface area contributed by atoms with Gasteiger partial charge in [-0.2, -0.15) is 0 Å². The largest absolute Gasteiger partial charge is 0.494 e. The van der Waals surface area contributed by atoms with Gasteiger partial charge in [-0.25, -0.2) is 0 Å². The summed E-state index contributed by atoms with van der Waals surface area (Å²) in [5.41, 5.74) is 2.13. The summed E-state index contributed by atoms with van der Waals surface area (Å²) in [6.45, 7) is 3.57. The number of alkyl halides is 1. The predicted octanol–water partition coefficient (Wildman–Crippen LogP) is 4.54. The van der Waals surface area contributed by atoms with Crippen molar-refractivity contribution in [3.05, 3.63) is 46.2 Å². The summed E-state index contributed by atoms with van der Waals surface area (Å²) in [5, 5.41) is 5.53. The van der Waals surface area contributed by atoms with Crippen LogP contribution in [-0.4, -0.2) is 13.2 Å². The first kappa shape index (κ1) is 14.2. The number of halogens is 1. The highest BCUT2D eigenvalue weighted by Crippen LogP contribution is 2.24. The highest BCUT2D eigenvalue weighted by molar-refractivity contribution is 7.09. The zero-order valence-electron chi connectivity index (χ0n) is 11.0. The lowest BCUT2D eigenvalue weighted by Crippen LogP contribution is -2.04. The van der Waals surface area contributed by atoms with Crippen LogP contribution in [0, 0.1) is 0 Å². The van der Waals surface area contributed by atoms with Crippen LogP contribution in [0.25, 0.3) is 0 Å². The second kappa shape index (κ2) is 7.41. The van der Waals surface area contributed by atoms with Gasteiger partial charge in [0, 0.05) is 22.7 Å². The van der Waals surface area contributed by atoms with Crippen LogP contribution < -0.4 is 10.1 Å². The monoisotopic (exact) mass is 295 g/mol. The molecule has 1 aromatic carbocycles. The normalized spacial score (nSPS) is 10.4. The molecule has 0 saturated heterocycles. The molecular weight excluding hydrogens is 278 g/mol. The molecule has 0 bridgehead atoms. The van der Waals surface area contributed by atoms with E-state index in [-0.39, 0.29) is 0 Å². The fourth-order valence-corrected chi connectivity index (χ4v) is 2.79. The number of rotatable bonds is 7. The highest BCUT2D eigenvalue weighted by atomic mass is 35.5. The molecule has 0 radical (unpaired) electrons. The lowest BCUT2D eigenvalue weighted by molar-refractivity contribution is 0.337. The topological polar surface area (TPSA) is 21.3 Å². The number of hydrogen-bond donors (Lipinski definition) is 1. The molecule has 1 aromatic heterocycles. The molecule has 0 saturated carbocycles. The third-order valence-corrected chi connectivity index (χ3v) is 4.01. The van der Waals surface area contributed by atoms with Crippen molar-refractivity contribution < 1.29 is 4.74 Å². The van der Waals surface area contributed by atoms with Gasteiger partial charge in [0.05, 0.1) is 12.5 Å². The van der Waals surface area contributed by atoms with E-state index in [4.69, 9.17) is 16.3 Å². The average molecular weight is 296 g/mol. The molecule has 1 N–H and O–H groups in total. The van der Waals surface area contributed by atoms with E-state index in [1.165, 1.54) is 4.88 Å². The van der Waals surface area contributed by atoms with E-state index in [1.54, 1.807) is 11.3 Å². The van der Waals surface area contributed by atoms with Gasteiger partial charge in [0.25, 0.3) is 0 Å². The van der Waals surface area contributed by atoms with E-state index in [0.717, 1.165) is 30.0 Å². The minimum atomic E-state index is 0.468. The van der Waals surface area contributed by atoms with Crippen LogP contribution in [-0.2, 0) is 12.3 Å². The number of thiophene rings is 1. The van der Waals surface area contributed by atoms with E-state index < -0.39 is 0 Å². The van der Waals surface area contributed by atoms with Crippen LogP contribution in [0.15, 0.2) is 35.7 Å². The molecule has 19 heavy (non-hydrogen) atoms. The van der Waals surface area contributed by atoms with E-state index in [1.807, 2.05) is 19.1 Å². The Morgan fingerprint density at radius 1 is 1.32 bits per heavy atom. The summed E-state index contributed by atoms with van der Waals surface area (Å²) >= 11 is 7.74. The zero-order chi connectivity index (χ0) is 13.5. The van der Waals surface area contributed by atoms with Gasteiger partial charge in [0.1, 0.15) is 5.75 Å². The molecule has 2 nitrogen and oxygen atoms in total. The van der Waals surface area contributed by atoms with Crippen molar-refractivity contribution in [2.24, 2.45) is 0 Å². The van der Waals surface area contributed by atoms with Crippen molar-refractivity contribution in [3.8, 4) is 5.75 Å². The molecule has 0 amide bonds. The van der Waals surface area contributed by atoms with Crippen LogP contribution in [0.4, 0.5) is 5.69 Å². The maximum atomic E-state index is 5.95. The van der Waals surface area contributed by atoms with Crippen molar-refractivity contribution in [1.82, 2.24) is 0 Å². The van der Waals surface area contributed by atoms with Crippen molar-refractivity contribution in [3.63, 3.8) is 0 Å². The molecule has 1 heterocycles. The summed E-state index contributed by atoms with van der Waals surface area (Å²) in [4.78, 5) is 1.40. The number of benzene rings is 1. The lowest BCUT2D eigenvalue weighted by Gasteiger charge is -2.11. The fourth-order valence-electron chi connectivity index (χ4n) is 1.88. The molecule has 0 unspecified atom stereocenters. The number of hydrogen-bond acceptors (Lipinski definition) is 3. The Bertz CT molecular complexity index is 499. The van der Waals surface area contributed by atoms with Crippen molar-refractivity contribution in [2.75, 3.05) is 18.5 Å². The zero-order valence-corrected chi connectivity index (χ0v) is 12.6. The van der Waals surface area contributed by atoms with Gasteiger partial charge < -0.3 is 10.1 Å². The van der Waals surface area contributed by atoms with Crippen LogP contribution in [0.1, 0.15) is 17.4 Å². The Kier molecular flexibility index (Phi) is 5.55.